The van der Waals surface area contributed by atoms with Crippen molar-refractivity contribution in [3.63, 3.8) is 0 Å². The summed E-state index contributed by atoms with van der Waals surface area (Å²) < 4.78 is 15.0. The van der Waals surface area contributed by atoms with E-state index in [0.717, 1.165) is 16.1 Å². The van der Waals surface area contributed by atoms with Crippen molar-refractivity contribution in [3.05, 3.63) is 84.4 Å². The minimum Gasteiger partial charge on any atom is -0.309 e. The zero-order chi connectivity index (χ0) is 16.1. The van der Waals surface area contributed by atoms with E-state index in [2.05, 4.69) is 59.2 Å². The van der Waals surface area contributed by atoms with Crippen LogP contribution >= 0.6 is 0 Å². The first kappa shape index (κ1) is 13.8. The van der Waals surface area contributed by atoms with Crippen LogP contribution in [0.25, 0.3) is 27.8 Å². The Balaban J connectivity index is 1.97. The van der Waals surface area contributed by atoms with Gasteiger partial charge < -0.3 is 4.57 Å². The maximum atomic E-state index is 12.7. The van der Waals surface area contributed by atoms with Gasteiger partial charge in [0, 0.05) is 21.5 Å². The van der Waals surface area contributed by atoms with E-state index in [-0.39, 0.29) is 0 Å². The van der Waals surface area contributed by atoms with Gasteiger partial charge in [-0.15, -0.1) is 0 Å². The van der Waals surface area contributed by atoms with Crippen molar-refractivity contribution < 1.29 is 4.21 Å². The van der Waals surface area contributed by atoms with E-state index < -0.39 is 10.8 Å². The smallest absolute Gasteiger partial charge is 0.0594 e. The molecule has 116 valence electrons. The summed E-state index contributed by atoms with van der Waals surface area (Å²) in [5.74, 6) is 0.576. The van der Waals surface area contributed by atoms with Crippen LogP contribution in [0.5, 0.6) is 0 Å². The highest BCUT2D eigenvalue weighted by atomic mass is 32.2. The molecule has 0 saturated heterocycles. The van der Waals surface area contributed by atoms with E-state index in [1.54, 1.807) is 0 Å². The van der Waals surface area contributed by atoms with Gasteiger partial charge in [-0.2, -0.15) is 0 Å². The molecule has 24 heavy (non-hydrogen) atoms. The largest absolute Gasteiger partial charge is 0.309 e. The lowest BCUT2D eigenvalue weighted by Crippen LogP contribution is -2.08. The molecule has 0 spiro atoms. The lowest BCUT2D eigenvalue weighted by molar-refractivity contribution is 0.682. The van der Waals surface area contributed by atoms with E-state index in [9.17, 15) is 4.21 Å². The standard InChI is InChI=1S/C21H15NOS/c23-24-14-18-16-10-4-6-12-19(16)22(15-8-2-1-3-9-15)21(18)17-11-5-7-13-20(17)24/h1-13H,14H2. The summed E-state index contributed by atoms with van der Waals surface area (Å²) in [4.78, 5) is 0.935. The van der Waals surface area contributed by atoms with Crippen molar-refractivity contribution in [2.75, 3.05) is 0 Å². The molecule has 1 unspecified atom stereocenters. The van der Waals surface area contributed by atoms with Crippen LogP contribution in [0.2, 0.25) is 0 Å². The van der Waals surface area contributed by atoms with Crippen molar-refractivity contribution in [2.45, 2.75) is 10.6 Å². The van der Waals surface area contributed by atoms with Crippen LogP contribution in [-0.4, -0.2) is 8.78 Å². The van der Waals surface area contributed by atoms with Crippen LogP contribution in [0.1, 0.15) is 5.56 Å². The minimum absolute atomic E-state index is 0.576. The monoisotopic (exact) mass is 329 g/mol. The molecule has 2 nitrogen and oxygen atoms in total. The maximum absolute atomic E-state index is 12.7. The van der Waals surface area contributed by atoms with Gasteiger partial charge in [0.05, 0.1) is 27.8 Å². The predicted molar refractivity (Wildman–Crippen MR) is 98.8 cm³/mol. The summed E-state index contributed by atoms with van der Waals surface area (Å²) in [6.07, 6.45) is 0. The van der Waals surface area contributed by atoms with E-state index in [1.165, 1.54) is 22.2 Å². The molecule has 1 atom stereocenters. The average molecular weight is 329 g/mol. The van der Waals surface area contributed by atoms with Gasteiger partial charge in [-0.1, -0.05) is 54.6 Å². The van der Waals surface area contributed by atoms with Crippen molar-refractivity contribution in [2.24, 2.45) is 0 Å². The lowest BCUT2D eigenvalue weighted by atomic mass is 10.1. The molecule has 1 aliphatic heterocycles. The second-order valence-corrected chi connectivity index (χ2v) is 7.42. The van der Waals surface area contributed by atoms with Gasteiger partial charge >= 0.3 is 0 Å². The van der Waals surface area contributed by atoms with Crippen LogP contribution in [0.15, 0.2) is 83.8 Å². The average Bonchev–Trinajstić information content (AvgIpc) is 2.97. The molecule has 1 aliphatic rings. The predicted octanol–water partition coefficient (Wildman–Crippen LogP) is 4.92. The molecule has 0 amide bonds. The van der Waals surface area contributed by atoms with E-state index >= 15 is 0 Å². The maximum Gasteiger partial charge on any atom is 0.0594 e. The number of nitrogens with zero attached hydrogens (tertiary/aromatic N) is 1. The molecule has 0 fully saturated rings. The fraction of sp³-hybridized carbons (Fsp3) is 0.0476. The Labute approximate surface area is 142 Å². The summed E-state index contributed by atoms with van der Waals surface area (Å²) in [7, 11) is -0.989. The summed E-state index contributed by atoms with van der Waals surface area (Å²) >= 11 is 0. The Kier molecular flexibility index (Phi) is 2.97. The summed E-state index contributed by atoms with van der Waals surface area (Å²) in [6.45, 7) is 0. The molecule has 3 heteroatoms. The Morgan fingerprint density at radius 2 is 1.50 bits per heavy atom. The number of hydrogen-bond donors (Lipinski definition) is 0. The third-order valence-electron chi connectivity index (χ3n) is 4.66. The Hall–Kier alpha value is -2.65. The van der Waals surface area contributed by atoms with Crippen molar-refractivity contribution in [3.8, 4) is 16.9 Å². The first-order chi connectivity index (χ1) is 11.8. The number of hydrogen-bond acceptors (Lipinski definition) is 1. The second-order valence-electron chi connectivity index (χ2n) is 6.00. The summed E-state index contributed by atoms with van der Waals surface area (Å²) in [6, 6.07) is 26.9. The molecule has 0 radical (unpaired) electrons. The van der Waals surface area contributed by atoms with Crippen LogP contribution < -0.4 is 0 Å². The summed E-state index contributed by atoms with van der Waals surface area (Å²) in [5.41, 5.74) is 5.75. The number of para-hydroxylation sites is 2. The van der Waals surface area contributed by atoms with Crippen molar-refractivity contribution >= 4 is 21.7 Å². The molecule has 2 heterocycles. The quantitative estimate of drug-likeness (QED) is 0.486. The van der Waals surface area contributed by atoms with Crippen LogP contribution in [0, 0.1) is 0 Å². The normalized spacial score (nSPS) is 15.9. The lowest BCUT2D eigenvalue weighted by Gasteiger charge is -2.19. The van der Waals surface area contributed by atoms with E-state index in [0.29, 0.717) is 5.75 Å². The van der Waals surface area contributed by atoms with Gasteiger partial charge in [0.15, 0.2) is 0 Å². The van der Waals surface area contributed by atoms with Crippen LogP contribution in [0.4, 0.5) is 0 Å². The first-order valence-corrected chi connectivity index (χ1v) is 9.32. The topological polar surface area (TPSA) is 22.0 Å². The molecule has 0 bridgehead atoms. The Morgan fingerprint density at radius 3 is 2.38 bits per heavy atom. The molecular formula is C21H15NOS. The van der Waals surface area contributed by atoms with Gasteiger partial charge in [0.2, 0.25) is 0 Å². The molecule has 1 aromatic heterocycles. The van der Waals surface area contributed by atoms with Crippen molar-refractivity contribution in [1.82, 2.24) is 4.57 Å². The second kappa shape index (κ2) is 5.18. The SMILES string of the molecule is O=S1Cc2c(n(-c3ccccc3)c3ccccc23)-c2ccccc21. The van der Waals surface area contributed by atoms with Crippen molar-refractivity contribution in [1.29, 1.82) is 0 Å². The first-order valence-electron chi connectivity index (χ1n) is 8.00. The van der Waals surface area contributed by atoms with Gasteiger partial charge in [-0.25, -0.2) is 0 Å². The highest BCUT2D eigenvalue weighted by Crippen LogP contribution is 2.43. The van der Waals surface area contributed by atoms with Gasteiger partial charge in [0.1, 0.15) is 0 Å². The number of rotatable bonds is 1. The minimum atomic E-state index is -0.989. The van der Waals surface area contributed by atoms with Gasteiger partial charge in [-0.05, 0) is 29.8 Å². The number of aromatic nitrogens is 1. The highest BCUT2D eigenvalue weighted by molar-refractivity contribution is 7.84. The molecular weight excluding hydrogens is 314 g/mol. The number of fused-ring (bicyclic) bond motifs is 5. The van der Waals surface area contributed by atoms with Gasteiger partial charge in [0.25, 0.3) is 0 Å². The van der Waals surface area contributed by atoms with Crippen LogP contribution in [0.3, 0.4) is 0 Å². The van der Waals surface area contributed by atoms with E-state index in [1.807, 2.05) is 24.3 Å². The molecule has 5 rings (SSSR count). The third-order valence-corrected chi connectivity index (χ3v) is 6.05. The molecule has 0 aliphatic carbocycles. The Bertz CT molecular complexity index is 1100. The zero-order valence-corrected chi connectivity index (χ0v) is 13.8. The third kappa shape index (κ3) is 1.85. The molecule has 3 aromatic carbocycles. The number of benzene rings is 3. The van der Waals surface area contributed by atoms with E-state index in [4.69, 9.17) is 0 Å². The molecule has 0 saturated carbocycles. The van der Waals surface area contributed by atoms with Gasteiger partial charge in [-0.3, -0.25) is 4.21 Å². The summed E-state index contributed by atoms with van der Waals surface area (Å²) in [5, 5.41) is 1.19. The van der Waals surface area contributed by atoms with Crippen LogP contribution in [-0.2, 0) is 16.6 Å². The molecule has 4 aromatic rings. The highest BCUT2D eigenvalue weighted by Gasteiger charge is 2.28. The fourth-order valence-corrected chi connectivity index (χ4v) is 5.00. The zero-order valence-electron chi connectivity index (χ0n) is 13.0. The fourth-order valence-electron chi connectivity index (χ4n) is 3.65. The molecule has 0 N–H and O–H groups in total. The Morgan fingerprint density at radius 1 is 0.792 bits per heavy atom.